The third-order valence-corrected chi connectivity index (χ3v) is 4.87. The maximum atomic E-state index is 3.64. The lowest BCUT2D eigenvalue weighted by Crippen LogP contribution is -2.31. The molecule has 3 heteroatoms. The van der Waals surface area contributed by atoms with Crippen LogP contribution in [0.25, 0.3) is 0 Å². The molecule has 1 aromatic rings. The molecule has 1 fully saturated rings. The SMILES string of the molecule is CC(NCCC1CCN(C)CC1)c1cccs1. The van der Waals surface area contributed by atoms with E-state index in [-0.39, 0.29) is 0 Å². The molecule has 1 N–H and O–H groups in total. The number of hydrogen-bond donors (Lipinski definition) is 1. The predicted octanol–water partition coefficient (Wildman–Crippen LogP) is 3.13. The van der Waals surface area contributed by atoms with E-state index in [1.165, 1.54) is 37.2 Å². The summed E-state index contributed by atoms with van der Waals surface area (Å²) in [5.74, 6) is 0.939. The van der Waals surface area contributed by atoms with Crippen LogP contribution >= 0.6 is 11.3 Å². The molecule has 1 aliphatic heterocycles. The van der Waals surface area contributed by atoms with Gasteiger partial charge in [-0.25, -0.2) is 0 Å². The molecule has 1 atom stereocenters. The van der Waals surface area contributed by atoms with Crippen LogP contribution in [-0.2, 0) is 0 Å². The summed E-state index contributed by atoms with van der Waals surface area (Å²) in [5.41, 5.74) is 0. The largest absolute Gasteiger partial charge is 0.309 e. The van der Waals surface area contributed by atoms with Crippen LogP contribution in [0.2, 0.25) is 0 Å². The summed E-state index contributed by atoms with van der Waals surface area (Å²) in [6.45, 7) is 5.99. The van der Waals surface area contributed by atoms with Crippen LogP contribution in [0.5, 0.6) is 0 Å². The van der Waals surface area contributed by atoms with Gasteiger partial charge in [-0.2, -0.15) is 0 Å². The molecule has 2 heterocycles. The maximum Gasteiger partial charge on any atom is 0.0386 e. The molecule has 1 aromatic heterocycles. The van der Waals surface area contributed by atoms with Gasteiger partial charge in [-0.05, 0) is 70.2 Å². The number of rotatable bonds is 5. The van der Waals surface area contributed by atoms with Crippen molar-refractivity contribution in [2.45, 2.75) is 32.2 Å². The van der Waals surface area contributed by atoms with Crippen LogP contribution in [0.1, 0.15) is 37.1 Å². The molecule has 96 valence electrons. The Labute approximate surface area is 109 Å². The monoisotopic (exact) mass is 252 g/mol. The first-order valence-corrected chi connectivity index (χ1v) is 7.59. The molecule has 2 nitrogen and oxygen atoms in total. The second kappa shape index (κ2) is 6.53. The van der Waals surface area contributed by atoms with E-state index >= 15 is 0 Å². The quantitative estimate of drug-likeness (QED) is 0.866. The first-order valence-electron chi connectivity index (χ1n) is 6.71. The number of likely N-dealkylation sites (tertiary alicyclic amines) is 1. The van der Waals surface area contributed by atoms with Crippen molar-refractivity contribution in [3.8, 4) is 0 Å². The zero-order valence-corrected chi connectivity index (χ0v) is 11.8. The van der Waals surface area contributed by atoms with E-state index in [0.29, 0.717) is 6.04 Å². The number of piperidine rings is 1. The van der Waals surface area contributed by atoms with Gasteiger partial charge in [-0.15, -0.1) is 11.3 Å². The van der Waals surface area contributed by atoms with Gasteiger partial charge in [-0.1, -0.05) is 6.07 Å². The lowest BCUT2D eigenvalue weighted by atomic mass is 9.94. The van der Waals surface area contributed by atoms with Crippen molar-refractivity contribution in [1.29, 1.82) is 0 Å². The second-order valence-corrected chi connectivity index (χ2v) is 6.21. The van der Waals surface area contributed by atoms with Gasteiger partial charge < -0.3 is 10.2 Å². The smallest absolute Gasteiger partial charge is 0.0386 e. The van der Waals surface area contributed by atoms with Crippen molar-refractivity contribution in [2.75, 3.05) is 26.7 Å². The normalized spacial score (nSPS) is 20.6. The van der Waals surface area contributed by atoms with Gasteiger partial charge in [-0.3, -0.25) is 0 Å². The van der Waals surface area contributed by atoms with Crippen LogP contribution in [-0.4, -0.2) is 31.6 Å². The number of thiophene rings is 1. The molecule has 0 amide bonds. The molecule has 0 bridgehead atoms. The first-order chi connectivity index (χ1) is 8.25. The van der Waals surface area contributed by atoms with Gasteiger partial charge in [0.25, 0.3) is 0 Å². The van der Waals surface area contributed by atoms with E-state index in [0.717, 1.165) is 12.5 Å². The Hall–Kier alpha value is -0.380. The molecular formula is C14H24N2S. The molecule has 0 aromatic carbocycles. The van der Waals surface area contributed by atoms with Gasteiger partial charge in [0.05, 0.1) is 0 Å². The highest BCUT2D eigenvalue weighted by Gasteiger charge is 2.16. The highest BCUT2D eigenvalue weighted by atomic mass is 32.1. The van der Waals surface area contributed by atoms with E-state index in [1.807, 2.05) is 11.3 Å². The molecule has 0 saturated carbocycles. The zero-order chi connectivity index (χ0) is 12.1. The summed E-state index contributed by atoms with van der Waals surface area (Å²) in [6, 6.07) is 4.87. The van der Waals surface area contributed by atoms with E-state index in [9.17, 15) is 0 Å². The minimum atomic E-state index is 0.515. The molecule has 0 spiro atoms. The molecule has 0 radical (unpaired) electrons. The van der Waals surface area contributed by atoms with E-state index < -0.39 is 0 Å². The van der Waals surface area contributed by atoms with Gasteiger partial charge >= 0.3 is 0 Å². The van der Waals surface area contributed by atoms with E-state index in [4.69, 9.17) is 0 Å². The van der Waals surface area contributed by atoms with Crippen LogP contribution in [0.4, 0.5) is 0 Å². The Bertz CT molecular complexity index is 302. The van der Waals surface area contributed by atoms with Crippen molar-refractivity contribution in [3.05, 3.63) is 22.4 Å². The molecule has 0 aliphatic carbocycles. The molecule has 1 saturated heterocycles. The molecule has 1 unspecified atom stereocenters. The Morgan fingerprint density at radius 2 is 2.24 bits per heavy atom. The Morgan fingerprint density at radius 1 is 1.47 bits per heavy atom. The summed E-state index contributed by atoms with van der Waals surface area (Å²) in [7, 11) is 2.23. The fourth-order valence-electron chi connectivity index (χ4n) is 2.49. The van der Waals surface area contributed by atoms with Crippen molar-refractivity contribution in [2.24, 2.45) is 5.92 Å². The summed E-state index contributed by atoms with van der Waals surface area (Å²) in [5, 5.41) is 5.80. The number of nitrogens with one attached hydrogen (secondary N) is 1. The van der Waals surface area contributed by atoms with E-state index in [2.05, 4.69) is 41.7 Å². The van der Waals surface area contributed by atoms with Crippen molar-refractivity contribution < 1.29 is 0 Å². The van der Waals surface area contributed by atoms with Crippen LogP contribution < -0.4 is 5.32 Å². The van der Waals surface area contributed by atoms with Crippen molar-refractivity contribution in [3.63, 3.8) is 0 Å². The Balaban J connectivity index is 1.63. The number of nitrogens with zero attached hydrogens (tertiary/aromatic N) is 1. The molecule has 1 aliphatic rings. The lowest BCUT2D eigenvalue weighted by molar-refractivity contribution is 0.211. The average molecular weight is 252 g/mol. The zero-order valence-electron chi connectivity index (χ0n) is 11.0. The summed E-state index contributed by atoms with van der Waals surface area (Å²) in [6.07, 6.45) is 4.10. The fourth-order valence-corrected chi connectivity index (χ4v) is 3.25. The Morgan fingerprint density at radius 3 is 2.88 bits per heavy atom. The van der Waals surface area contributed by atoms with Crippen LogP contribution in [0.3, 0.4) is 0 Å². The van der Waals surface area contributed by atoms with Gasteiger partial charge in [0.1, 0.15) is 0 Å². The third kappa shape index (κ3) is 4.09. The van der Waals surface area contributed by atoms with Gasteiger partial charge in [0.15, 0.2) is 0 Å². The summed E-state index contributed by atoms with van der Waals surface area (Å²) < 4.78 is 0. The van der Waals surface area contributed by atoms with Crippen LogP contribution in [0, 0.1) is 5.92 Å². The summed E-state index contributed by atoms with van der Waals surface area (Å²) >= 11 is 1.85. The minimum Gasteiger partial charge on any atom is -0.309 e. The maximum absolute atomic E-state index is 3.64. The topological polar surface area (TPSA) is 15.3 Å². The van der Waals surface area contributed by atoms with Crippen molar-refractivity contribution >= 4 is 11.3 Å². The highest BCUT2D eigenvalue weighted by Crippen LogP contribution is 2.21. The molecular weight excluding hydrogens is 228 g/mol. The van der Waals surface area contributed by atoms with E-state index in [1.54, 1.807) is 0 Å². The first kappa shape index (κ1) is 13.1. The fraction of sp³-hybridized carbons (Fsp3) is 0.714. The van der Waals surface area contributed by atoms with Gasteiger partial charge in [0, 0.05) is 10.9 Å². The highest BCUT2D eigenvalue weighted by molar-refractivity contribution is 7.10. The van der Waals surface area contributed by atoms with Crippen molar-refractivity contribution in [1.82, 2.24) is 10.2 Å². The lowest BCUT2D eigenvalue weighted by Gasteiger charge is -2.29. The average Bonchev–Trinajstić information content (AvgIpc) is 2.85. The van der Waals surface area contributed by atoms with Gasteiger partial charge in [0.2, 0.25) is 0 Å². The third-order valence-electron chi connectivity index (χ3n) is 3.81. The molecule has 17 heavy (non-hydrogen) atoms. The standard InChI is InChI=1S/C14H24N2S/c1-12(14-4-3-11-17-14)15-8-5-13-6-9-16(2)10-7-13/h3-4,11-13,15H,5-10H2,1-2H3. The number of hydrogen-bond acceptors (Lipinski definition) is 3. The second-order valence-electron chi connectivity index (χ2n) is 5.23. The summed E-state index contributed by atoms with van der Waals surface area (Å²) in [4.78, 5) is 3.89. The van der Waals surface area contributed by atoms with Crippen LogP contribution in [0.15, 0.2) is 17.5 Å². The Kier molecular flexibility index (Phi) is 5.01. The minimum absolute atomic E-state index is 0.515. The predicted molar refractivity (Wildman–Crippen MR) is 75.6 cm³/mol. The molecule has 2 rings (SSSR count).